The Kier molecular flexibility index (Phi) is 4.08. The van der Waals surface area contributed by atoms with Crippen molar-refractivity contribution in [1.82, 2.24) is 4.31 Å². The van der Waals surface area contributed by atoms with Gasteiger partial charge in [0, 0.05) is 13.1 Å². The summed E-state index contributed by atoms with van der Waals surface area (Å²) in [5.41, 5.74) is -0.698. The van der Waals surface area contributed by atoms with E-state index in [0.29, 0.717) is 6.07 Å². The zero-order chi connectivity index (χ0) is 15.0. The van der Waals surface area contributed by atoms with E-state index in [4.69, 9.17) is 4.74 Å². The molecule has 0 aliphatic carbocycles. The predicted molar refractivity (Wildman–Crippen MR) is 65.8 cm³/mol. The monoisotopic (exact) mass is 309 g/mol. The highest BCUT2D eigenvalue weighted by Gasteiger charge is 2.34. The van der Waals surface area contributed by atoms with Crippen LogP contribution in [0.3, 0.4) is 0 Å². The lowest BCUT2D eigenvalue weighted by Crippen LogP contribution is -2.40. The van der Waals surface area contributed by atoms with Crippen LogP contribution in [0.25, 0.3) is 0 Å². The largest absolute Gasteiger partial charge is 0.416 e. The number of hydrogen-bond acceptors (Lipinski definition) is 3. The number of ether oxygens (including phenoxy) is 1. The Hall–Kier alpha value is -1.12. The van der Waals surface area contributed by atoms with Gasteiger partial charge in [-0.25, -0.2) is 8.42 Å². The summed E-state index contributed by atoms with van der Waals surface area (Å²) in [5.74, 6) is 0. The molecule has 1 aliphatic rings. The summed E-state index contributed by atoms with van der Waals surface area (Å²) in [5, 5.41) is 0. The molecule has 0 amide bonds. The molecule has 20 heavy (non-hydrogen) atoms. The van der Waals surface area contributed by atoms with E-state index in [0.717, 1.165) is 10.4 Å². The van der Waals surface area contributed by atoms with Gasteiger partial charge < -0.3 is 4.74 Å². The second-order valence-corrected chi connectivity index (χ2v) is 6.49. The fourth-order valence-corrected chi connectivity index (χ4v) is 3.54. The normalized spacial score (nSPS) is 18.2. The van der Waals surface area contributed by atoms with Crippen molar-refractivity contribution in [3.8, 4) is 0 Å². The van der Waals surface area contributed by atoms with E-state index in [1.807, 2.05) is 0 Å². The van der Waals surface area contributed by atoms with Crippen molar-refractivity contribution >= 4 is 10.0 Å². The van der Waals surface area contributed by atoms with Crippen molar-refractivity contribution in [1.29, 1.82) is 0 Å². The van der Waals surface area contributed by atoms with Crippen molar-refractivity contribution in [2.24, 2.45) is 0 Å². The molecule has 0 atom stereocenters. The van der Waals surface area contributed by atoms with Crippen molar-refractivity contribution in [3.63, 3.8) is 0 Å². The van der Waals surface area contributed by atoms with E-state index < -0.39 is 21.8 Å². The lowest BCUT2D eigenvalue weighted by atomic mass is 10.1. The lowest BCUT2D eigenvalue weighted by Gasteiger charge is -2.26. The van der Waals surface area contributed by atoms with Gasteiger partial charge in [-0.1, -0.05) is 0 Å². The molecule has 112 valence electrons. The van der Waals surface area contributed by atoms with Crippen LogP contribution in [0.4, 0.5) is 13.2 Å². The molecule has 0 aromatic heterocycles. The summed E-state index contributed by atoms with van der Waals surface area (Å²) in [4.78, 5) is -0.327. The standard InChI is InChI=1S/C12H14F3NO3S/c1-9-6-10(12(13,14)15)8-11(7-9)20(17,18)16-2-4-19-5-3-16/h6-8H,2-5H2,1H3. The summed E-state index contributed by atoms with van der Waals surface area (Å²) in [6.45, 7) is 2.23. The molecule has 2 rings (SSSR count). The van der Waals surface area contributed by atoms with Gasteiger partial charge in [-0.2, -0.15) is 17.5 Å². The van der Waals surface area contributed by atoms with Crippen molar-refractivity contribution in [2.45, 2.75) is 18.0 Å². The van der Waals surface area contributed by atoms with Crippen LogP contribution in [0.5, 0.6) is 0 Å². The molecule has 8 heteroatoms. The maximum atomic E-state index is 12.7. The van der Waals surface area contributed by atoms with Crippen LogP contribution >= 0.6 is 0 Å². The quantitative estimate of drug-likeness (QED) is 0.840. The Labute approximate surface area is 115 Å². The van der Waals surface area contributed by atoms with Crippen LogP contribution in [0.2, 0.25) is 0 Å². The smallest absolute Gasteiger partial charge is 0.379 e. The number of nitrogens with zero attached hydrogens (tertiary/aromatic N) is 1. The Bertz CT molecular complexity index is 592. The molecule has 1 heterocycles. The number of aryl methyl sites for hydroxylation is 1. The maximum Gasteiger partial charge on any atom is 0.416 e. The highest BCUT2D eigenvalue weighted by molar-refractivity contribution is 7.89. The number of benzene rings is 1. The van der Waals surface area contributed by atoms with Gasteiger partial charge in [-0.3, -0.25) is 0 Å². The second-order valence-electron chi connectivity index (χ2n) is 4.55. The van der Waals surface area contributed by atoms with E-state index in [1.54, 1.807) is 0 Å². The van der Waals surface area contributed by atoms with E-state index >= 15 is 0 Å². The van der Waals surface area contributed by atoms with Gasteiger partial charge >= 0.3 is 6.18 Å². The third kappa shape index (κ3) is 3.13. The minimum Gasteiger partial charge on any atom is -0.379 e. The van der Waals surface area contributed by atoms with Crippen LogP contribution in [0.15, 0.2) is 23.1 Å². The number of morpholine rings is 1. The first-order chi connectivity index (χ1) is 9.21. The van der Waals surface area contributed by atoms with Crippen LogP contribution in [0, 0.1) is 6.92 Å². The molecular weight excluding hydrogens is 295 g/mol. The van der Waals surface area contributed by atoms with E-state index in [1.165, 1.54) is 13.0 Å². The van der Waals surface area contributed by atoms with Crippen LogP contribution < -0.4 is 0 Å². The summed E-state index contributed by atoms with van der Waals surface area (Å²) in [7, 11) is -3.91. The van der Waals surface area contributed by atoms with Crippen molar-refractivity contribution in [2.75, 3.05) is 26.3 Å². The Morgan fingerprint density at radius 2 is 1.75 bits per heavy atom. The van der Waals surface area contributed by atoms with E-state index in [9.17, 15) is 21.6 Å². The number of halogens is 3. The molecule has 1 aromatic carbocycles. The molecule has 1 aliphatic heterocycles. The average Bonchev–Trinajstić information content (AvgIpc) is 2.38. The average molecular weight is 309 g/mol. The molecule has 0 bridgehead atoms. The van der Waals surface area contributed by atoms with Gasteiger partial charge in [-0.15, -0.1) is 0 Å². The van der Waals surface area contributed by atoms with Crippen LogP contribution in [-0.4, -0.2) is 39.0 Å². The third-order valence-corrected chi connectivity index (χ3v) is 4.86. The minimum atomic E-state index is -4.57. The first-order valence-corrected chi connectivity index (χ1v) is 7.42. The van der Waals surface area contributed by atoms with Gasteiger partial charge in [0.15, 0.2) is 0 Å². The fraction of sp³-hybridized carbons (Fsp3) is 0.500. The summed E-state index contributed by atoms with van der Waals surface area (Å²) < 4.78 is 69.1. The SMILES string of the molecule is Cc1cc(C(F)(F)F)cc(S(=O)(=O)N2CCOCC2)c1. The first-order valence-electron chi connectivity index (χ1n) is 5.98. The van der Waals surface area contributed by atoms with E-state index in [-0.39, 0.29) is 36.8 Å². The molecule has 0 N–H and O–H groups in total. The number of rotatable bonds is 2. The highest BCUT2D eigenvalue weighted by atomic mass is 32.2. The van der Waals surface area contributed by atoms with Gasteiger partial charge in [0.05, 0.1) is 23.7 Å². The van der Waals surface area contributed by atoms with Gasteiger partial charge in [0.1, 0.15) is 0 Å². The highest BCUT2D eigenvalue weighted by Crippen LogP contribution is 2.32. The molecule has 0 radical (unpaired) electrons. The Balaban J connectivity index is 2.43. The van der Waals surface area contributed by atoms with E-state index in [2.05, 4.69) is 0 Å². The number of sulfonamides is 1. The Morgan fingerprint density at radius 3 is 2.30 bits per heavy atom. The molecule has 0 spiro atoms. The zero-order valence-corrected chi connectivity index (χ0v) is 11.6. The molecule has 0 saturated carbocycles. The molecule has 4 nitrogen and oxygen atoms in total. The Morgan fingerprint density at radius 1 is 1.15 bits per heavy atom. The van der Waals surface area contributed by atoms with Gasteiger partial charge in [0.25, 0.3) is 0 Å². The molecule has 1 saturated heterocycles. The summed E-state index contributed by atoms with van der Waals surface area (Å²) in [6, 6.07) is 2.86. The van der Waals surface area contributed by atoms with Gasteiger partial charge in [-0.05, 0) is 30.7 Å². The second kappa shape index (κ2) is 5.34. The van der Waals surface area contributed by atoms with Crippen LogP contribution in [0.1, 0.15) is 11.1 Å². The molecule has 1 fully saturated rings. The summed E-state index contributed by atoms with van der Waals surface area (Å²) >= 11 is 0. The minimum absolute atomic E-state index is 0.150. The number of hydrogen-bond donors (Lipinski definition) is 0. The zero-order valence-electron chi connectivity index (χ0n) is 10.8. The fourth-order valence-electron chi connectivity index (χ4n) is 2.00. The van der Waals surface area contributed by atoms with Crippen molar-refractivity contribution in [3.05, 3.63) is 29.3 Å². The topological polar surface area (TPSA) is 46.6 Å². The lowest BCUT2D eigenvalue weighted by molar-refractivity contribution is -0.137. The predicted octanol–water partition coefficient (Wildman–Crippen LogP) is 2.03. The maximum absolute atomic E-state index is 12.7. The van der Waals surface area contributed by atoms with Gasteiger partial charge in [0.2, 0.25) is 10.0 Å². The van der Waals surface area contributed by atoms with Crippen molar-refractivity contribution < 1.29 is 26.3 Å². The number of alkyl halides is 3. The third-order valence-electron chi connectivity index (χ3n) is 2.99. The molecule has 0 unspecified atom stereocenters. The molecule has 1 aromatic rings. The molecular formula is C12H14F3NO3S. The summed E-state index contributed by atoms with van der Waals surface area (Å²) in [6.07, 6.45) is -4.57. The van der Waals surface area contributed by atoms with Crippen LogP contribution in [-0.2, 0) is 20.9 Å². The first kappa shape index (κ1) is 15.3.